The Morgan fingerprint density at radius 3 is 2.95 bits per heavy atom. The van der Waals surface area contributed by atoms with Crippen molar-refractivity contribution < 1.29 is 4.42 Å². The Labute approximate surface area is 122 Å². The number of hydrogen-bond donors (Lipinski definition) is 1. The molecule has 0 saturated heterocycles. The van der Waals surface area contributed by atoms with Crippen LogP contribution in [0.15, 0.2) is 39.4 Å². The minimum atomic E-state index is 0.529. The molecule has 3 nitrogen and oxygen atoms in total. The summed E-state index contributed by atoms with van der Waals surface area (Å²) >= 11 is 3.46. The predicted molar refractivity (Wildman–Crippen MR) is 81.1 cm³/mol. The number of hydrogen-bond acceptors (Lipinski definition) is 3. The van der Waals surface area contributed by atoms with Gasteiger partial charge in [-0.2, -0.15) is 0 Å². The Hall–Kier alpha value is -1.13. The summed E-state index contributed by atoms with van der Waals surface area (Å²) in [5, 5.41) is 3.39. The van der Waals surface area contributed by atoms with E-state index in [0.717, 1.165) is 41.1 Å². The highest BCUT2D eigenvalue weighted by Gasteiger charge is 2.06. The van der Waals surface area contributed by atoms with E-state index < -0.39 is 0 Å². The molecule has 0 amide bonds. The molecule has 0 aliphatic rings. The minimum absolute atomic E-state index is 0.529. The van der Waals surface area contributed by atoms with E-state index in [-0.39, 0.29) is 0 Å². The number of oxazole rings is 1. The van der Waals surface area contributed by atoms with Crippen LogP contribution in [0.4, 0.5) is 0 Å². The molecule has 0 unspecified atom stereocenters. The second kappa shape index (κ2) is 6.87. The van der Waals surface area contributed by atoms with E-state index in [1.165, 1.54) is 0 Å². The molecule has 1 heterocycles. The molecule has 102 valence electrons. The highest BCUT2D eigenvalue weighted by molar-refractivity contribution is 9.10. The van der Waals surface area contributed by atoms with Crippen LogP contribution in [0.25, 0.3) is 11.3 Å². The normalized spacial score (nSPS) is 11.2. The topological polar surface area (TPSA) is 38.1 Å². The zero-order valence-electron chi connectivity index (χ0n) is 11.3. The van der Waals surface area contributed by atoms with E-state index in [1.54, 1.807) is 6.20 Å². The van der Waals surface area contributed by atoms with Crippen LogP contribution in [0.1, 0.15) is 26.2 Å². The lowest BCUT2D eigenvalue weighted by Crippen LogP contribution is -2.23. The largest absolute Gasteiger partial charge is 0.441 e. The molecule has 1 aromatic carbocycles. The lowest BCUT2D eigenvalue weighted by Gasteiger charge is -2.05. The summed E-state index contributed by atoms with van der Waals surface area (Å²) in [7, 11) is 0. The van der Waals surface area contributed by atoms with Crippen molar-refractivity contribution >= 4 is 15.9 Å². The van der Waals surface area contributed by atoms with E-state index >= 15 is 0 Å². The molecule has 0 aliphatic carbocycles. The van der Waals surface area contributed by atoms with Crippen LogP contribution >= 0.6 is 15.9 Å². The fraction of sp³-hybridized carbons (Fsp3) is 0.400. The van der Waals surface area contributed by atoms with E-state index in [4.69, 9.17) is 4.42 Å². The van der Waals surface area contributed by atoms with Crippen molar-refractivity contribution in [3.05, 3.63) is 40.8 Å². The number of aryl methyl sites for hydroxylation is 1. The van der Waals surface area contributed by atoms with Crippen molar-refractivity contribution in [3.8, 4) is 11.3 Å². The quantitative estimate of drug-likeness (QED) is 0.816. The van der Waals surface area contributed by atoms with Crippen LogP contribution in [0.5, 0.6) is 0 Å². The first-order valence-electron chi connectivity index (χ1n) is 6.59. The van der Waals surface area contributed by atoms with Gasteiger partial charge in [-0.15, -0.1) is 0 Å². The average molecular weight is 323 g/mol. The Bertz CT molecular complexity index is 522. The van der Waals surface area contributed by atoms with Gasteiger partial charge in [-0.05, 0) is 25.1 Å². The van der Waals surface area contributed by atoms with Crippen LogP contribution in [-0.2, 0) is 6.42 Å². The van der Waals surface area contributed by atoms with Crippen molar-refractivity contribution in [2.24, 2.45) is 0 Å². The molecule has 0 bridgehead atoms. The molecule has 1 aromatic heterocycles. The second-order valence-corrected chi connectivity index (χ2v) is 5.76. The summed E-state index contributed by atoms with van der Waals surface area (Å²) in [4.78, 5) is 4.33. The number of benzene rings is 1. The maximum atomic E-state index is 5.77. The van der Waals surface area contributed by atoms with Crippen molar-refractivity contribution in [1.29, 1.82) is 0 Å². The molecule has 0 saturated carbocycles. The molecule has 0 atom stereocenters. The molecule has 0 fully saturated rings. The summed E-state index contributed by atoms with van der Waals surface area (Å²) in [6.45, 7) is 5.29. The lowest BCUT2D eigenvalue weighted by molar-refractivity contribution is 0.484. The molecule has 2 aromatic rings. The maximum Gasteiger partial charge on any atom is 0.194 e. The molecule has 0 aliphatic heterocycles. The molecule has 19 heavy (non-hydrogen) atoms. The zero-order valence-corrected chi connectivity index (χ0v) is 12.9. The van der Waals surface area contributed by atoms with Gasteiger partial charge in [-0.1, -0.05) is 41.9 Å². The van der Waals surface area contributed by atoms with Gasteiger partial charge >= 0.3 is 0 Å². The third-order valence-corrected chi connectivity index (χ3v) is 3.28. The standard InChI is InChI=1S/C15H19BrN2O/c1-11(2)17-8-4-7-15-18-10-14(19-15)12-5-3-6-13(16)9-12/h3,5-6,9-11,17H,4,7-8H2,1-2H3. The van der Waals surface area contributed by atoms with E-state index in [1.807, 2.05) is 24.3 Å². The van der Waals surface area contributed by atoms with Crippen molar-refractivity contribution in [1.82, 2.24) is 10.3 Å². The van der Waals surface area contributed by atoms with Gasteiger partial charge in [-0.3, -0.25) is 0 Å². The van der Waals surface area contributed by atoms with E-state index in [0.29, 0.717) is 6.04 Å². The van der Waals surface area contributed by atoms with Crippen LogP contribution in [0.3, 0.4) is 0 Å². The Morgan fingerprint density at radius 2 is 2.21 bits per heavy atom. The van der Waals surface area contributed by atoms with Crippen molar-refractivity contribution in [3.63, 3.8) is 0 Å². The van der Waals surface area contributed by atoms with Crippen molar-refractivity contribution in [2.45, 2.75) is 32.7 Å². The number of nitrogens with zero attached hydrogens (tertiary/aromatic N) is 1. The van der Waals surface area contributed by atoms with Gasteiger partial charge in [0, 0.05) is 22.5 Å². The van der Waals surface area contributed by atoms with Crippen molar-refractivity contribution in [2.75, 3.05) is 6.54 Å². The molecular weight excluding hydrogens is 304 g/mol. The van der Waals surface area contributed by atoms with Gasteiger partial charge in [0.2, 0.25) is 0 Å². The van der Waals surface area contributed by atoms with Gasteiger partial charge < -0.3 is 9.73 Å². The van der Waals surface area contributed by atoms with Crippen LogP contribution in [0.2, 0.25) is 0 Å². The third-order valence-electron chi connectivity index (χ3n) is 2.78. The zero-order chi connectivity index (χ0) is 13.7. The second-order valence-electron chi connectivity index (χ2n) is 4.84. The fourth-order valence-electron chi connectivity index (χ4n) is 1.83. The number of halogens is 1. The molecule has 1 N–H and O–H groups in total. The summed E-state index contributed by atoms with van der Waals surface area (Å²) in [6, 6.07) is 8.58. The van der Waals surface area contributed by atoms with Crippen LogP contribution in [0, 0.1) is 0 Å². The molecule has 2 rings (SSSR count). The molecule has 4 heteroatoms. The highest BCUT2D eigenvalue weighted by atomic mass is 79.9. The van der Waals surface area contributed by atoms with E-state index in [9.17, 15) is 0 Å². The van der Waals surface area contributed by atoms with Gasteiger partial charge in [-0.25, -0.2) is 4.98 Å². The summed E-state index contributed by atoms with van der Waals surface area (Å²) in [6.07, 6.45) is 3.71. The first kappa shape index (κ1) is 14.3. The monoisotopic (exact) mass is 322 g/mol. The number of nitrogens with one attached hydrogen (secondary N) is 1. The molecule has 0 spiro atoms. The minimum Gasteiger partial charge on any atom is -0.441 e. The summed E-state index contributed by atoms with van der Waals surface area (Å²) in [5.74, 6) is 1.63. The summed E-state index contributed by atoms with van der Waals surface area (Å²) < 4.78 is 6.82. The molecular formula is C15H19BrN2O. The van der Waals surface area contributed by atoms with Crippen LogP contribution < -0.4 is 5.32 Å². The number of rotatable bonds is 6. The third kappa shape index (κ3) is 4.48. The Balaban J connectivity index is 1.92. The first-order valence-corrected chi connectivity index (χ1v) is 7.38. The fourth-order valence-corrected chi connectivity index (χ4v) is 2.23. The summed E-state index contributed by atoms with van der Waals surface area (Å²) in [5.41, 5.74) is 1.05. The number of aromatic nitrogens is 1. The van der Waals surface area contributed by atoms with Crippen LogP contribution in [-0.4, -0.2) is 17.6 Å². The van der Waals surface area contributed by atoms with Gasteiger partial charge in [0.1, 0.15) is 0 Å². The Kier molecular flexibility index (Phi) is 5.16. The first-order chi connectivity index (χ1) is 9.15. The maximum absolute atomic E-state index is 5.77. The van der Waals surface area contributed by atoms with Gasteiger partial charge in [0.25, 0.3) is 0 Å². The van der Waals surface area contributed by atoms with Gasteiger partial charge in [0.05, 0.1) is 6.20 Å². The highest BCUT2D eigenvalue weighted by Crippen LogP contribution is 2.23. The smallest absolute Gasteiger partial charge is 0.194 e. The molecule has 0 radical (unpaired) electrons. The SMILES string of the molecule is CC(C)NCCCc1ncc(-c2cccc(Br)c2)o1. The lowest BCUT2D eigenvalue weighted by atomic mass is 10.2. The Morgan fingerprint density at radius 1 is 1.37 bits per heavy atom. The average Bonchev–Trinajstić information content (AvgIpc) is 2.83. The van der Waals surface area contributed by atoms with E-state index in [2.05, 4.69) is 40.1 Å². The van der Waals surface area contributed by atoms with Gasteiger partial charge in [0.15, 0.2) is 11.7 Å². The predicted octanol–water partition coefficient (Wildman–Crippen LogP) is 4.03.